The molecule has 0 unspecified atom stereocenters. The molecule has 1 amide bonds. The molecule has 7 nitrogen and oxygen atoms in total. The zero-order chi connectivity index (χ0) is 21.0. The number of esters is 1. The van der Waals surface area contributed by atoms with E-state index in [2.05, 4.69) is 11.9 Å². The van der Waals surface area contributed by atoms with Crippen LogP contribution in [0.5, 0.6) is 11.5 Å². The molecule has 0 aromatic heterocycles. The van der Waals surface area contributed by atoms with Gasteiger partial charge in [-0.15, -0.1) is 0 Å². The third-order valence-electron chi connectivity index (χ3n) is 4.87. The summed E-state index contributed by atoms with van der Waals surface area (Å²) in [5.41, 5.74) is 1.65. The summed E-state index contributed by atoms with van der Waals surface area (Å²) in [6.45, 7) is 4.46. The molecule has 1 aromatic carbocycles. The van der Waals surface area contributed by atoms with Crippen LogP contribution < -0.4 is 9.47 Å². The van der Waals surface area contributed by atoms with E-state index in [0.29, 0.717) is 46.7 Å². The van der Waals surface area contributed by atoms with Crippen LogP contribution in [0, 0.1) is 0 Å². The summed E-state index contributed by atoms with van der Waals surface area (Å²) in [5.74, 6) is 1.30. The van der Waals surface area contributed by atoms with Gasteiger partial charge in [-0.25, -0.2) is 9.79 Å². The number of hydrogen-bond donors (Lipinski definition) is 0. The number of allylic oxidation sites excluding steroid dienone is 1. The average molecular weight is 419 g/mol. The number of amides is 1. The number of amidine groups is 1. The summed E-state index contributed by atoms with van der Waals surface area (Å²) in [6, 6.07) is 4.88. The van der Waals surface area contributed by atoms with E-state index < -0.39 is 12.0 Å². The first-order valence-corrected chi connectivity index (χ1v) is 10.6. The number of thioether (sulfide) groups is 1. The third kappa shape index (κ3) is 4.27. The zero-order valence-corrected chi connectivity index (χ0v) is 18.0. The Labute approximate surface area is 175 Å². The quantitative estimate of drug-likeness (QED) is 0.496. The molecule has 1 saturated heterocycles. The van der Waals surface area contributed by atoms with Gasteiger partial charge in [-0.05, 0) is 31.0 Å². The van der Waals surface area contributed by atoms with Crippen LogP contribution >= 0.6 is 11.8 Å². The van der Waals surface area contributed by atoms with E-state index in [1.165, 1.54) is 18.9 Å². The Morgan fingerprint density at radius 2 is 2.10 bits per heavy atom. The fraction of sp³-hybridized carbons (Fsp3) is 0.476. The highest BCUT2D eigenvalue weighted by atomic mass is 32.2. The van der Waals surface area contributed by atoms with Crippen LogP contribution in [0.15, 0.2) is 34.5 Å². The molecule has 156 valence electrons. The van der Waals surface area contributed by atoms with Gasteiger partial charge in [0.25, 0.3) is 0 Å². The maximum absolute atomic E-state index is 12.8. The van der Waals surface area contributed by atoms with E-state index in [1.807, 2.05) is 18.2 Å². The van der Waals surface area contributed by atoms with Crippen molar-refractivity contribution >= 4 is 28.8 Å². The Hall–Kier alpha value is -2.48. The van der Waals surface area contributed by atoms with Crippen molar-refractivity contribution in [2.75, 3.05) is 26.6 Å². The van der Waals surface area contributed by atoms with Crippen molar-refractivity contribution in [1.29, 1.82) is 0 Å². The molecule has 0 saturated carbocycles. The van der Waals surface area contributed by atoms with Gasteiger partial charge in [0.1, 0.15) is 0 Å². The number of unbranched alkanes of at least 4 members (excludes halogenated alkanes) is 1. The fourth-order valence-corrected chi connectivity index (χ4v) is 4.39. The van der Waals surface area contributed by atoms with Crippen molar-refractivity contribution in [3.8, 4) is 11.5 Å². The molecule has 29 heavy (non-hydrogen) atoms. The molecule has 0 N–H and O–H groups in total. The minimum Gasteiger partial charge on any atom is -0.493 e. The molecular weight excluding hydrogens is 392 g/mol. The predicted octanol–water partition coefficient (Wildman–Crippen LogP) is 3.70. The molecule has 1 fully saturated rings. The van der Waals surface area contributed by atoms with Crippen molar-refractivity contribution in [2.24, 2.45) is 4.99 Å². The van der Waals surface area contributed by atoms with E-state index in [-0.39, 0.29) is 5.91 Å². The number of hydrogen-bond acceptors (Lipinski definition) is 7. The van der Waals surface area contributed by atoms with Crippen LogP contribution in [0.2, 0.25) is 0 Å². The molecule has 1 aromatic rings. The Bertz CT molecular complexity index is 865. The molecule has 2 aliphatic rings. The Kier molecular flexibility index (Phi) is 6.84. The number of rotatable bonds is 7. The molecule has 3 rings (SSSR count). The molecule has 0 spiro atoms. The highest BCUT2D eigenvalue weighted by Gasteiger charge is 2.41. The number of carbonyl (C=O) groups excluding carboxylic acids is 2. The zero-order valence-electron chi connectivity index (χ0n) is 17.2. The maximum atomic E-state index is 12.8. The first kappa shape index (κ1) is 21.2. The molecule has 1 atom stereocenters. The normalized spacial score (nSPS) is 18.9. The monoisotopic (exact) mass is 418 g/mol. The van der Waals surface area contributed by atoms with Crippen molar-refractivity contribution in [3.05, 3.63) is 35.0 Å². The van der Waals surface area contributed by atoms with Gasteiger partial charge in [0.2, 0.25) is 5.91 Å². The Morgan fingerprint density at radius 1 is 1.31 bits per heavy atom. The summed E-state index contributed by atoms with van der Waals surface area (Å²) >= 11 is 1.51. The highest BCUT2D eigenvalue weighted by molar-refractivity contribution is 8.14. The lowest BCUT2D eigenvalue weighted by Crippen LogP contribution is -2.45. The number of nitrogens with zero attached hydrogens (tertiary/aromatic N) is 2. The van der Waals surface area contributed by atoms with Crippen molar-refractivity contribution < 1.29 is 23.8 Å². The lowest BCUT2D eigenvalue weighted by molar-refractivity contribution is -0.137. The summed E-state index contributed by atoms with van der Waals surface area (Å²) < 4.78 is 16.3. The maximum Gasteiger partial charge on any atom is 0.338 e. The van der Waals surface area contributed by atoms with Crippen molar-refractivity contribution in [2.45, 2.75) is 39.2 Å². The van der Waals surface area contributed by atoms with Crippen molar-refractivity contribution in [3.63, 3.8) is 0 Å². The fourth-order valence-electron chi connectivity index (χ4n) is 3.38. The average Bonchev–Trinajstić information content (AvgIpc) is 2.72. The Balaban J connectivity index is 2.06. The van der Waals surface area contributed by atoms with E-state index in [9.17, 15) is 9.59 Å². The lowest BCUT2D eigenvalue weighted by Gasteiger charge is -2.38. The van der Waals surface area contributed by atoms with Crippen LogP contribution in [0.1, 0.15) is 44.7 Å². The molecular formula is C21H26N2O5S. The van der Waals surface area contributed by atoms with Crippen LogP contribution in [0.4, 0.5) is 0 Å². The number of fused-ring (bicyclic) bond motifs is 1. The van der Waals surface area contributed by atoms with Crippen LogP contribution in [-0.2, 0) is 14.3 Å². The van der Waals surface area contributed by atoms with Gasteiger partial charge in [-0.3, -0.25) is 9.69 Å². The van der Waals surface area contributed by atoms with Gasteiger partial charge in [0, 0.05) is 12.2 Å². The number of ether oxygens (including phenoxy) is 3. The standard InChI is InChI=1S/C21H26N2O5S/c1-5-6-10-28-15-8-7-14(12-16(15)26-3)19-18(20(25)27-4)13(2)22-21-23(19)17(24)9-11-29-21/h7-8,12,19H,5-6,9-11H2,1-4H3/t19-/m1/s1. The second-order valence-electron chi connectivity index (χ2n) is 6.76. The first-order chi connectivity index (χ1) is 14.0. The topological polar surface area (TPSA) is 77.4 Å². The van der Waals surface area contributed by atoms with Gasteiger partial charge < -0.3 is 14.2 Å². The largest absolute Gasteiger partial charge is 0.493 e. The second-order valence-corrected chi connectivity index (χ2v) is 7.82. The summed E-state index contributed by atoms with van der Waals surface area (Å²) in [6.07, 6.45) is 2.37. The molecule has 0 radical (unpaired) electrons. The molecule has 8 heteroatoms. The third-order valence-corrected chi connectivity index (χ3v) is 5.83. The predicted molar refractivity (Wildman–Crippen MR) is 112 cm³/mol. The van der Waals surface area contributed by atoms with Gasteiger partial charge in [-0.1, -0.05) is 31.2 Å². The van der Waals surface area contributed by atoms with E-state index in [1.54, 1.807) is 18.9 Å². The number of benzene rings is 1. The van der Waals surface area contributed by atoms with E-state index in [0.717, 1.165) is 18.4 Å². The molecule has 2 aliphatic heterocycles. The van der Waals surface area contributed by atoms with Crippen molar-refractivity contribution in [1.82, 2.24) is 4.90 Å². The smallest absolute Gasteiger partial charge is 0.338 e. The minimum atomic E-state index is -0.617. The number of carbonyl (C=O) groups is 2. The highest BCUT2D eigenvalue weighted by Crippen LogP contribution is 2.42. The van der Waals surface area contributed by atoms with Gasteiger partial charge in [0.05, 0.1) is 38.1 Å². The van der Waals surface area contributed by atoms with E-state index >= 15 is 0 Å². The number of methoxy groups -OCH3 is 2. The van der Waals surface area contributed by atoms with E-state index in [4.69, 9.17) is 14.2 Å². The summed E-state index contributed by atoms with van der Waals surface area (Å²) in [7, 11) is 2.90. The van der Waals surface area contributed by atoms with Crippen LogP contribution in [0.25, 0.3) is 0 Å². The van der Waals surface area contributed by atoms with Gasteiger partial charge in [-0.2, -0.15) is 0 Å². The van der Waals surface area contributed by atoms with Crippen LogP contribution in [0.3, 0.4) is 0 Å². The SMILES string of the molecule is CCCCOc1ccc([C@@H]2C(C(=O)OC)=C(C)N=C3SCCC(=O)N32)cc1OC. The second kappa shape index (κ2) is 9.35. The lowest BCUT2D eigenvalue weighted by atomic mass is 9.94. The minimum absolute atomic E-state index is 0.0661. The van der Waals surface area contributed by atoms with Crippen LogP contribution in [-0.4, -0.2) is 48.5 Å². The molecule has 0 aliphatic carbocycles. The number of aliphatic imine (C=N–C) groups is 1. The molecule has 2 heterocycles. The van der Waals surface area contributed by atoms with Gasteiger partial charge in [0.15, 0.2) is 16.7 Å². The molecule has 0 bridgehead atoms. The Morgan fingerprint density at radius 3 is 2.79 bits per heavy atom. The first-order valence-electron chi connectivity index (χ1n) is 9.65. The summed E-state index contributed by atoms with van der Waals surface area (Å²) in [4.78, 5) is 31.5. The van der Waals surface area contributed by atoms with Gasteiger partial charge >= 0.3 is 5.97 Å². The summed E-state index contributed by atoms with van der Waals surface area (Å²) in [5, 5.41) is 0.610.